The van der Waals surface area contributed by atoms with Crippen molar-refractivity contribution in [3.05, 3.63) is 65.2 Å². The van der Waals surface area contributed by atoms with Crippen molar-refractivity contribution in [3.8, 4) is 6.07 Å². The number of nitriles is 1. The van der Waals surface area contributed by atoms with Gasteiger partial charge in [0.15, 0.2) is 34.4 Å². The van der Waals surface area contributed by atoms with E-state index in [0.717, 1.165) is 0 Å². The molecule has 5 N–H and O–H groups in total. The first kappa shape index (κ1) is 40.7. The summed E-state index contributed by atoms with van der Waals surface area (Å²) in [6.45, 7) is 2.93. The molecule has 1 unspecified atom stereocenters. The van der Waals surface area contributed by atoms with E-state index in [4.69, 9.17) is 23.3 Å². The lowest BCUT2D eigenvalue weighted by molar-refractivity contribution is -0.118. The normalized spacial score (nSPS) is 23.0. The van der Waals surface area contributed by atoms with E-state index in [1.165, 1.54) is 30.7 Å². The molecule has 58 heavy (non-hydrogen) atoms. The summed E-state index contributed by atoms with van der Waals surface area (Å²) in [4.78, 5) is 61.9. The molecule has 7 rings (SSSR count). The predicted octanol–water partition coefficient (Wildman–Crippen LogP) is 2.40. The minimum Gasteiger partial charge on any atom is -0.388 e. The third-order valence-corrected chi connectivity index (χ3v) is 11.0. The molecule has 1 aromatic carbocycles. The molecule has 2 fully saturated rings. The maximum absolute atomic E-state index is 14.3. The number of benzene rings is 1. The lowest BCUT2D eigenvalue weighted by atomic mass is 10.1. The highest BCUT2D eigenvalue weighted by Gasteiger charge is 2.43. The Kier molecular flexibility index (Phi) is 12.3. The molecule has 2 aliphatic rings. The van der Waals surface area contributed by atoms with Gasteiger partial charge in [-0.15, -0.1) is 0 Å². The zero-order valence-electron chi connectivity index (χ0n) is 31.5. The summed E-state index contributed by atoms with van der Waals surface area (Å²) in [6.07, 6.45) is -0.102. The second-order valence-electron chi connectivity index (χ2n) is 13.8. The minimum absolute atomic E-state index is 0.0347. The van der Waals surface area contributed by atoms with Gasteiger partial charge in [-0.1, -0.05) is 32.0 Å². The van der Waals surface area contributed by atoms with Crippen LogP contribution in [-0.2, 0) is 32.6 Å². The fourth-order valence-electron chi connectivity index (χ4n) is 6.51. The van der Waals surface area contributed by atoms with Crippen molar-refractivity contribution in [2.24, 2.45) is 5.92 Å². The number of anilines is 2. The van der Waals surface area contributed by atoms with Crippen LogP contribution < -0.4 is 21.3 Å². The van der Waals surface area contributed by atoms with Crippen molar-refractivity contribution >= 4 is 53.7 Å². The van der Waals surface area contributed by atoms with E-state index >= 15 is 0 Å². The monoisotopic (exact) mass is 820 g/mol. The Morgan fingerprint density at radius 3 is 2.57 bits per heavy atom. The SMILES string of the molecule is COC[C@H]1O[C@@H](n2cnc3c(NC(=O)c4ccccc4)ncnc32)C[C@@H]1NP(=O)(OCCC#N)OC[C@@H]1C[C@@H](O)[C@H](n2cnc3c(=O)[nH]c(NC(=O)C(C)C)nc32)O1. The number of amides is 2. The van der Waals surface area contributed by atoms with Gasteiger partial charge < -0.3 is 24.6 Å². The highest BCUT2D eigenvalue weighted by Crippen LogP contribution is 2.48. The third kappa shape index (κ3) is 8.81. The van der Waals surface area contributed by atoms with Crippen LogP contribution in [0.15, 0.2) is 54.1 Å². The molecule has 23 heteroatoms. The zero-order valence-corrected chi connectivity index (χ0v) is 32.4. The molecule has 22 nitrogen and oxygen atoms in total. The standard InChI is InChI=1S/C35H41N12O10P/c1-19(2)31(49)43-35-42-30-27(33(51)44-35)40-18-47(30)34-23(48)12-21(56-34)14-55-58(52,54-11-7-10-36)45-22-13-25(57-24(22)15-53-3)46-17-39-26-28(37-16-38-29(26)46)41-32(50)20-8-5-4-6-9-20/h4-6,8-9,16-19,21-25,34,48H,7,11-15H2,1-3H3,(H,45,52)(H,37,38,41,50)(H2,42,43,44,49,51)/t21-,22-,23+,24+,25+,34+,58?/m0/s1. The summed E-state index contributed by atoms with van der Waals surface area (Å²) in [5, 5.41) is 28.5. The van der Waals surface area contributed by atoms with Crippen LogP contribution in [0.3, 0.4) is 0 Å². The number of methoxy groups -OCH3 is 1. The lowest BCUT2D eigenvalue weighted by Crippen LogP contribution is -2.38. The Balaban J connectivity index is 1.05. The number of aliphatic hydroxyl groups is 1. The van der Waals surface area contributed by atoms with Crippen LogP contribution in [0.25, 0.3) is 22.3 Å². The number of rotatable bonds is 16. The van der Waals surface area contributed by atoms with Crippen molar-refractivity contribution in [1.82, 2.24) is 44.1 Å². The quantitative estimate of drug-likeness (QED) is 0.0705. The first-order chi connectivity index (χ1) is 28.0. The molecule has 6 heterocycles. The van der Waals surface area contributed by atoms with E-state index in [-0.39, 0.29) is 79.7 Å². The molecule has 4 aromatic heterocycles. The van der Waals surface area contributed by atoms with Gasteiger partial charge in [0.1, 0.15) is 18.7 Å². The number of carbonyl (C=O) groups is 2. The number of aromatic nitrogens is 8. The van der Waals surface area contributed by atoms with Gasteiger partial charge in [0, 0.05) is 31.4 Å². The Hall–Kier alpha value is -5.50. The summed E-state index contributed by atoms with van der Waals surface area (Å²) in [5.41, 5.74) is 0.559. The summed E-state index contributed by atoms with van der Waals surface area (Å²) < 4.78 is 46.8. The molecular weight excluding hydrogens is 779 g/mol. The average Bonchev–Trinajstić information content (AvgIpc) is 4.00. The van der Waals surface area contributed by atoms with Crippen LogP contribution in [0.4, 0.5) is 11.8 Å². The molecule has 306 valence electrons. The Morgan fingerprint density at radius 1 is 1.03 bits per heavy atom. The van der Waals surface area contributed by atoms with Crippen LogP contribution in [-0.4, -0.2) is 107 Å². The number of hydrogen-bond acceptors (Lipinski definition) is 16. The molecule has 7 atom stereocenters. The number of nitrogens with zero attached hydrogens (tertiary/aromatic N) is 8. The van der Waals surface area contributed by atoms with Crippen molar-refractivity contribution in [2.45, 2.75) is 69.9 Å². The van der Waals surface area contributed by atoms with Crippen LogP contribution in [0.5, 0.6) is 0 Å². The van der Waals surface area contributed by atoms with Crippen molar-refractivity contribution in [3.63, 3.8) is 0 Å². The van der Waals surface area contributed by atoms with Crippen molar-refractivity contribution < 1.29 is 42.5 Å². The van der Waals surface area contributed by atoms with Gasteiger partial charge >= 0.3 is 7.75 Å². The van der Waals surface area contributed by atoms with E-state index < -0.39 is 50.1 Å². The lowest BCUT2D eigenvalue weighted by Gasteiger charge is -2.26. The maximum atomic E-state index is 14.3. The average molecular weight is 821 g/mol. The van der Waals surface area contributed by atoms with Crippen LogP contribution >= 0.6 is 7.75 Å². The molecule has 0 bridgehead atoms. The number of nitrogens with one attached hydrogen (secondary N) is 4. The van der Waals surface area contributed by atoms with Gasteiger partial charge in [-0.3, -0.25) is 42.9 Å². The van der Waals surface area contributed by atoms with E-state index in [1.807, 2.05) is 6.07 Å². The zero-order chi connectivity index (χ0) is 41.0. The number of H-pyrrole nitrogens is 1. The Labute approximate surface area is 329 Å². The summed E-state index contributed by atoms with van der Waals surface area (Å²) in [7, 11) is -2.71. The summed E-state index contributed by atoms with van der Waals surface area (Å²) >= 11 is 0. The molecule has 0 aliphatic carbocycles. The minimum atomic E-state index is -4.20. The van der Waals surface area contributed by atoms with E-state index in [9.17, 15) is 29.3 Å². The second-order valence-corrected chi connectivity index (χ2v) is 15.6. The number of carbonyl (C=O) groups excluding carboxylic acids is 2. The van der Waals surface area contributed by atoms with Crippen LogP contribution in [0.2, 0.25) is 0 Å². The van der Waals surface area contributed by atoms with E-state index in [2.05, 4.69) is 45.6 Å². The number of aliphatic hydroxyl groups excluding tert-OH is 1. The van der Waals surface area contributed by atoms with E-state index in [1.54, 1.807) is 48.7 Å². The number of hydrogen-bond donors (Lipinski definition) is 5. The highest BCUT2D eigenvalue weighted by atomic mass is 31.2. The first-order valence-electron chi connectivity index (χ1n) is 18.3. The van der Waals surface area contributed by atoms with Crippen LogP contribution in [0, 0.1) is 17.2 Å². The topological polar surface area (TPSA) is 285 Å². The molecule has 2 saturated heterocycles. The Morgan fingerprint density at radius 2 is 1.81 bits per heavy atom. The van der Waals surface area contributed by atoms with Crippen molar-refractivity contribution in [2.75, 3.05) is 37.6 Å². The fourth-order valence-corrected chi connectivity index (χ4v) is 8.10. The molecule has 2 aliphatic heterocycles. The number of ether oxygens (including phenoxy) is 3. The third-order valence-electron chi connectivity index (χ3n) is 9.37. The number of imidazole rings is 2. The van der Waals surface area contributed by atoms with Crippen molar-refractivity contribution in [1.29, 1.82) is 5.26 Å². The van der Waals surface area contributed by atoms with Gasteiger partial charge in [-0.25, -0.2) is 29.6 Å². The number of fused-ring (bicyclic) bond motifs is 2. The summed E-state index contributed by atoms with van der Waals surface area (Å²) in [5.74, 6) is -1.00. The number of aromatic amines is 1. The molecule has 0 radical (unpaired) electrons. The van der Waals surface area contributed by atoms with Crippen LogP contribution in [0.1, 0.15) is 55.9 Å². The van der Waals surface area contributed by atoms with Gasteiger partial charge in [0.2, 0.25) is 11.9 Å². The van der Waals surface area contributed by atoms with Gasteiger partial charge in [0.05, 0.1) is 63.2 Å². The molecule has 0 spiro atoms. The summed E-state index contributed by atoms with van der Waals surface area (Å²) in [6, 6.07) is 9.93. The Bertz CT molecular complexity index is 2420. The molecule has 2 amide bonds. The molecular formula is C35H41N12O10P. The van der Waals surface area contributed by atoms with E-state index in [0.29, 0.717) is 16.7 Å². The predicted molar refractivity (Wildman–Crippen MR) is 203 cm³/mol. The molecule has 0 saturated carbocycles. The first-order valence-corrected chi connectivity index (χ1v) is 19.8. The maximum Gasteiger partial charge on any atom is 0.405 e. The largest absolute Gasteiger partial charge is 0.405 e. The smallest absolute Gasteiger partial charge is 0.388 e. The molecule has 5 aromatic rings. The van der Waals surface area contributed by atoms with Gasteiger partial charge in [0.25, 0.3) is 11.5 Å². The fraction of sp³-hybridized carbons (Fsp3) is 0.457. The van der Waals surface area contributed by atoms with Gasteiger partial charge in [-0.2, -0.15) is 10.2 Å². The highest BCUT2D eigenvalue weighted by molar-refractivity contribution is 7.51. The second kappa shape index (κ2) is 17.6. The van der Waals surface area contributed by atoms with Gasteiger partial charge in [-0.05, 0) is 12.1 Å².